The second kappa shape index (κ2) is 6.43. The number of hydrogen-bond acceptors (Lipinski definition) is 4. The Hall–Kier alpha value is -2.51. The largest absolute Gasteiger partial charge is 0.480 e. The van der Waals surface area contributed by atoms with Crippen LogP contribution in [0.1, 0.15) is 25.1 Å². The number of carbonyl (C=O) groups excluding carboxylic acids is 2. The van der Waals surface area contributed by atoms with Gasteiger partial charge in [0.15, 0.2) is 0 Å². The van der Waals surface area contributed by atoms with Gasteiger partial charge in [0.1, 0.15) is 11.8 Å². The van der Waals surface area contributed by atoms with Gasteiger partial charge in [-0.05, 0) is 19.1 Å². The van der Waals surface area contributed by atoms with Gasteiger partial charge in [-0.2, -0.15) is 0 Å². The summed E-state index contributed by atoms with van der Waals surface area (Å²) in [5.74, 6) is -1.62. The molecule has 0 aliphatic heterocycles. The van der Waals surface area contributed by atoms with Crippen LogP contribution in [0, 0.1) is 0 Å². The SMILES string of the molecule is CC(NC(=O)N[C@@H](CC(N)=O)C(=O)O)c1ccco1. The van der Waals surface area contributed by atoms with Crippen LogP contribution in [-0.2, 0) is 9.59 Å². The van der Waals surface area contributed by atoms with Crippen LogP contribution in [-0.4, -0.2) is 29.1 Å². The number of amides is 3. The van der Waals surface area contributed by atoms with Gasteiger partial charge in [0.2, 0.25) is 5.91 Å². The lowest BCUT2D eigenvalue weighted by atomic mass is 10.2. The molecule has 0 fully saturated rings. The molecule has 0 bridgehead atoms. The molecule has 1 unspecified atom stereocenters. The van der Waals surface area contributed by atoms with Crippen molar-refractivity contribution in [3.63, 3.8) is 0 Å². The fourth-order valence-electron chi connectivity index (χ4n) is 1.41. The fraction of sp³-hybridized carbons (Fsp3) is 0.364. The molecule has 0 saturated heterocycles. The van der Waals surface area contributed by atoms with Gasteiger partial charge in [0.05, 0.1) is 18.7 Å². The number of carbonyl (C=O) groups is 3. The maximum Gasteiger partial charge on any atom is 0.326 e. The highest BCUT2D eigenvalue weighted by molar-refractivity contribution is 5.87. The molecule has 1 heterocycles. The Labute approximate surface area is 108 Å². The zero-order chi connectivity index (χ0) is 14.4. The number of urea groups is 1. The molecule has 0 aromatic carbocycles. The molecule has 0 aliphatic rings. The molecule has 19 heavy (non-hydrogen) atoms. The molecule has 1 rings (SSSR count). The van der Waals surface area contributed by atoms with Gasteiger partial charge < -0.3 is 25.9 Å². The summed E-state index contributed by atoms with van der Waals surface area (Å²) >= 11 is 0. The molecule has 0 radical (unpaired) electrons. The minimum Gasteiger partial charge on any atom is -0.480 e. The number of carboxylic acid groups (broad SMARTS) is 1. The first-order valence-electron chi connectivity index (χ1n) is 5.51. The van der Waals surface area contributed by atoms with E-state index in [2.05, 4.69) is 10.6 Å². The van der Waals surface area contributed by atoms with Crippen LogP contribution in [0.4, 0.5) is 4.79 Å². The number of aliphatic carboxylic acids is 1. The number of nitrogens with one attached hydrogen (secondary N) is 2. The lowest BCUT2D eigenvalue weighted by Gasteiger charge is -2.16. The van der Waals surface area contributed by atoms with Gasteiger partial charge in [-0.25, -0.2) is 9.59 Å². The van der Waals surface area contributed by atoms with Crippen LogP contribution in [0.25, 0.3) is 0 Å². The number of rotatable bonds is 6. The quantitative estimate of drug-likeness (QED) is 0.575. The predicted molar refractivity (Wildman–Crippen MR) is 64.0 cm³/mol. The van der Waals surface area contributed by atoms with Crippen LogP contribution in [0.15, 0.2) is 22.8 Å². The van der Waals surface area contributed by atoms with Crippen LogP contribution >= 0.6 is 0 Å². The topological polar surface area (TPSA) is 135 Å². The molecule has 0 spiro atoms. The van der Waals surface area contributed by atoms with Gasteiger partial charge in [-0.1, -0.05) is 0 Å². The summed E-state index contributed by atoms with van der Waals surface area (Å²) in [7, 11) is 0. The first-order valence-corrected chi connectivity index (χ1v) is 5.51. The average molecular weight is 269 g/mol. The van der Waals surface area contributed by atoms with Crippen LogP contribution in [0.3, 0.4) is 0 Å². The lowest BCUT2D eigenvalue weighted by molar-refractivity contribution is -0.140. The van der Waals surface area contributed by atoms with Crippen molar-refractivity contribution in [2.24, 2.45) is 5.73 Å². The Morgan fingerprint density at radius 1 is 1.42 bits per heavy atom. The number of furan rings is 1. The molecule has 8 nitrogen and oxygen atoms in total. The third-order valence-electron chi connectivity index (χ3n) is 2.33. The van der Waals surface area contributed by atoms with E-state index in [1.54, 1.807) is 19.1 Å². The van der Waals surface area contributed by atoms with Crippen molar-refractivity contribution in [3.05, 3.63) is 24.2 Å². The molecule has 8 heteroatoms. The molecule has 5 N–H and O–H groups in total. The van der Waals surface area contributed by atoms with E-state index >= 15 is 0 Å². The van der Waals surface area contributed by atoms with Gasteiger partial charge in [0.25, 0.3) is 0 Å². The van der Waals surface area contributed by atoms with Crippen molar-refractivity contribution >= 4 is 17.9 Å². The Balaban J connectivity index is 2.53. The maximum atomic E-state index is 11.6. The Bertz CT molecular complexity index is 457. The minimum atomic E-state index is -1.36. The van der Waals surface area contributed by atoms with Crippen molar-refractivity contribution in [1.82, 2.24) is 10.6 Å². The molecular formula is C11H15N3O5. The Morgan fingerprint density at radius 2 is 2.11 bits per heavy atom. The first-order chi connectivity index (χ1) is 8.90. The molecule has 104 valence electrons. The van der Waals surface area contributed by atoms with E-state index in [1.165, 1.54) is 6.26 Å². The van der Waals surface area contributed by atoms with Gasteiger partial charge in [0, 0.05) is 0 Å². The lowest BCUT2D eigenvalue weighted by Crippen LogP contribution is -2.48. The van der Waals surface area contributed by atoms with E-state index in [0.717, 1.165) is 0 Å². The summed E-state index contributed by atoms with van der Waals surface area (Å²) in [6, 6.07) is 0.818. The van der Waals surface area contributed by atoms with Crippen LogP contribution < -0.4 is 16.4 Å². The van der Waals surface area contributed by atoms with E-state index in [-0.39, 0.29) is 0 Å². The van der Waals surface area contributed by atoms with Gasteiger partial charge >= 0.3 is 12.0 Å². The highest BCUT2D eigenvalue weighted by Gasteiger charge is 2.23. The summed E-state index contributed by atoms with van der Waals surface area (Å²) in [6.07, 6.45) is 0.983. The van der Waals surface area contributed by atoms with Crippen molar-refractivity contribution in [1.29, 1.82) is 0 Å². The maximum absolute atomic E-state index is 11.6. The van der Waals surface area contributed by atoms with E-state index in [0.29, 0.717) is 5.76 Å². The number of primary amides is 1. The van der Waals surface area contributed by atoms with Crippen molar-refractivity contribution in [2.75, 3.05) is 0 Å². The highest BCUT2D eigenvalue weighted by Crippen LogP contribution is 2.11. The smallest absolute Gasteiger partial charge is 0.326 e. The van der Waals surface area contributed by atoms with Crippen molar-refractivity contribution < 1.29 is 23.9 Å². The summed E-state index contributed by atoms with van der Waals surface area (Å²) < 4.78 is 5.08. The van der Waals surface area contributed by atoms with Crippen molar-refractivity contribution in [3.8, 4) is 0 Å². The summed E-state index contributed by atoms with van der Waals surface area (Å²) in [5.41, 5.74) is 4.90. The summed E-state index contributed by atoms with van der Waals surface area (Å²) in [5, 5.41) is 13.5. The monoisotopic (exact) mass is 269 g/mol. The van der Waals surface area contributed by atoms with Crippen LogP contribution in [0.2, 0.25) is 0 Å². The molecule has 0 saturated carbocycles. The summed E-state index contributed by atoms with van der Waals surface area (Å²) in [4.78, 5) is 33.1. The molecule has 3 amide bonds. The third-order valence-corrected chi connectivity index (χ3v) is 2.33. The van der Waals surface area contributed by atoms with E-state index in [4.69, 9.17) is 15.3 Å². The molecule has 1 aromatic heterocycles. The molecule has 0 aliphatic carbocycles. The number of hydrogen-bond donors (Lipinski definition) is 4. The second-order valence-corrected chi connectivity index (χ2v) is 3.92. The van der Waals surface area contributed by atoms with E-state index in [9.17, 15) is 14.4 Å². The number of carboxylic acids is 1. The normalized spacial score (nSPS) is 13.3. The predicted octanol–water partition coefficient (Wildman–Crippen LogP) is -0.0316. The highest BCUT2D eigenvalue weighted by atomic mass is 16.4. The van der Waals surface area contributed by atoms with Crippen molar-refractivity contribution in [2.45, 2.75) is 25.4 Å². The molecular weight excluding hydrogens is 254 g/mol. The van der Waals surface area contributed by atoms with E-state index in [1.807, 2.05) is 0 Å². The first kappa shape index (κ1) is 14.6. The fourth-order valence-corrected chi connectivity index (χ4v) is 1.41. The summed E-state index contributed by atoms with van der Waals surface area (Å²) in [6.45, 7) is 1.67. The third kappa shape index (κ3) is 4.70. The number of nitrogens with two attached hydrogens (primary N) is 1. The minimum absolute atomic E-state index is 0.432. The zero-order valence-corrected chi connectivity index (χ0v) is 10.3. The average Bonchev–Trinajstić information content (AvgIpc) is 2.80. The van der Waals surface area contributed by atoms with Crippen LogP contribution in [0.5, 0.6) is 0 Å². The van der Waals surface area contributed by atoms with E-state index < -0.39 is 36.4 Å². The van der Waals surface area contributed by atoms with Gasteiger partial charge in [-0.15, -0.1) is 0 Å². The molecule has 2 atom stereocenters. The standard InChI is InChI=1S/C11H15N3O5/c1-6(8-3-2-4-19-8)13-11(18)14-7(10(16)17)5-9(12)15/h2-4,6-7H,5H2,1H3,(H2,12,15)(H,16,17)(H2,13,14,18)/t6?,7-/m0/s1. The van der Waals surface area contributed by atoms with Gasteiger partial charge in [-0.3, -0.25) is 4.79 Å². The zero-order valence-electron chi connectivity index (χ0n) is 10.3. The second-order valence-electron chi connectivity index (χ2n) is 3.92. The Kier molecular flexibility index (Phi) is 4.92. The molecule has 1 aromatic rings. The Morgan fingerprint density at radius 3 is 2.58 bits per heavy atom.